The molecular weight excluding hydrogens is 336 g/mol. The van der Waals surface area contributed by atoms with Crippen LogP contribution in [0.3, 0.4) is 0 Å². The van der Waals surface area contributed by atoms with Crippen LogP contribution in [0.5, 0.6) is 0 Å². The molecule has 0 saturated heterocycles. The zero-order valence-electron chi connectivity index (χ0n) is 13.0. The number of rotatable bonds is 7. The molecule has 0 aliphatic heterocycles. The molecule has 124 valence electrons. The lowest BCUT2D eigenvalue weighted by molar-refractivity contribution is -0.119. The Balaban J connectivity index is 1.91. The number of carbonyl (C=O) groups is 1. The summed E-state index contributed by atoms with van der Waals surface area (Å²) in [6, 6.07) is 7.24. The molecule has 0 spiro atoms. The van der Waals surface area contributed by atoms with Gasteiger partial charge in [-0.3, -0.25) is 9.36 Å². The lowest BCUT2D eigenvalue weighted by atomic mass is 10.1. The minimum atomic E-state index is -0.248. The normalized spacial score (nSPS) is 12.1. The van der Waals surface area contributed by atoms with Crippen molar-refractivity contribution in [1.29, 1.82) is 0 Å². The topological polar surface area (TPSA) is 79.8 Å². The van der Waals surface area contributed by atoms with E-state index in [2.05, 4.69) is 15.5 Å². The van der Waals surface area contributed by atoms with E-state index in [4.69, 9.17) is 11.6 Å². The van der Waals surface area contributed by atoms with Gasteiger partial charge >= 0.3 is 5.69 Å². The number of H-pyrrole nitrogens is 1. The van der Waals surface area contributed by atoms with Gasteiger partial charge in [0.05, 0.1) is 11.8 Å². The second-order valence-electron chi connectivity index (χ2n) is 5.10. The van der Waals surface area contributed by atoms with Crippen LogP contribution in [0.4, 0.5) is 0 Å². The van der Waals surface area contributed by atoms with Crippen molar-refractivity contribution >= 4 is 29.3 Å². The van der Waals surface area contributed by atoms with Gasteiger partial charge in [0.1, 0.15) is 0 Å². The van der Waals surface area contributed by atoms with E-state index in [-0.39, 0.29) is 23.4 Å². The molecule has 0 radical (unpaired) electrons. The molecule has 0 aliphatic carbocycles. The highest BCUT2D eigenvalue weighted by atomic mass is 35.5. The summed E-state index contributed by atoms with van der Waals surface area (Å²) in [6.45, 7) is 4.46. The summed E-state index contributed by atoms with van der Waals surface area (Å²) in [4.78, 5) is 23.7. The lowest BCUT2D eigenvalue weighted by Crippen LogP contribution is -2.28. The molecule has 2 rings (SSSR count). The second kappa shape index (κ2) is 8.21. The van der Waals surface area contributed by atoms with E-state index in [0.717, 1.165) is 12.0 Å². The molecular formula is C15H19ClN4O2S. The number of nitrogens with zero attached hydrogens (tertiary/aromatic N) is 2. The van der Waals surface area contributed by atoms with Crippen LogP contribution in [0.2, 0.25) is 5.02 Å². The highest BCUT2D eigenvalue weighted by molar-refractivity contribution is 7.99. The lowest BCUT2D eigenvalue weighted by Gasteiger charge is -2.14. The summed E-state index contributed by atoms with van der Waals surface area (Å²) in [6.07, 6.45) is 0.824. The van der Waals surface area contributed by atoms with Crippen molar-refractivity contribution in [2.45, 2.75) is 38.0 Å². The number of carbonyl (C=O) groups excluding carboxylic acids is 1. The van der Waals surface area contributed by atoms with Gasteiger partial charge < -0.3 is 5.32 Å². The molecule has 0 aliphatic rings. The minimum Gasteiger partial charge on any atom is -0.349 e. The summed E-state index contributed by atoms with van der Waals surface area (Å²) in [5.74, 6) is 0.0693. The molecule has 8 heteroatoms. The van der Waals surface area contributed by atoms with E-state index in [1.807, 2.05) is 32.0 Å². The molecule has 0 saturated carbocycles. The summed E-state index contributed by atoms with van der Waals surface area (Å²) in [5, 5.41) is 10.4. The van der Waals surface area contributed by atoms with Crippen LogP contribution in [0.25, 0.3) is 0 Å². The van der Waals surface area contributed by atoms with Gasteiger partial charge in [-0.1, -0.05) is 42.4 Å². The largest absolute Gasteiger partial charge is 0.349 e. The maximum atomic E-state index is 12.1. The van der Waals surface area contributed by atoms with E-state index < -0.39 is 0 Å². The quantitative estimate of drug-likeness (QED) is 0.749. The Labute approximate surface area is 143 Å². The van der Waals surface area contributed by atoms with Gasteiger partial charge in [-0.2, -0.15) is 0 Å². The standard InChI is InChI=1S/C15H19ClN4O2S/c1-3-7-20-14(22)18-19-15(20)23-9-13(21)17-10(2)11-5-4-6-12(16)8-11/h4-6,8,10H,3,7,9H2,1-2H3,(H,17,21)(H,18,22)/t10-/m1/s1. The molecule has 6 nitrogen and oxygen atoms in total. The molecule has 0 unspecified atom stereocenters. The minimum absolute atomic E-state index is 0.124. The smallest absolute Gasteiger partial charge is 0.343 e. The maximum Gasteiger partial charge on any atom is 0.343 e. The van der Waals surface area contributed by atoms with Gasteiger partial charge in [0.25, 0.3) is 0 Å². The molecule has 23 heavy (non-hydrogen) atoms. The first kappa shape index (κ1) is 17.6. The fraction of sp³-hybridized carbons (Fsp3) is 0.400. The number of halogens is 1. The van der Waals surface area contributed by atoms with E-state index in [9.17, 15) is 9.59 Å². The van der Waals surface area contributed by atoms with Crippen molar-refractivity contribution in [3.05, 3.63) is 45.3 Å². The first-order valence-electron chi connectivity index (χ1n) is 7.34. The van der Waals surface area contributed by atoms with E-state index in [0.29, 0.717) is 16.7 Å². The summed E-state index contributed by atoms with van der Waals surface area (Å²) < 4.78 is 1.54. The van der Waals surface area contributed by atoms with Crippen molar-refractivity contribution in [2.24, 2.45) is 0 Å². The monoisotopic (exact) mass is 354 g/mol. The average molecular weight is 355 g/mol. The number of nitrogens with one attached hydrogen (secondary N) is 2. The molecule has 2 N–H and O–H groups in total. The Morgan fingerprint density at radius 3 is 3.00 bits per heavy atom. The number of aromatic nitrogens is 3. The summed E-state index contributed by atoms with van der Waals surface area (Å²) in [5.41, 5.74) is 0.695. The number of aromatic amines is 1. The highest BCUT2D eigenvalue weighted by Crippen LogP contribution is 2.18. The van der Waals surface area contributed by atoms with Crippen molar-refractivity contribution in [3.8, 4) is 0 Å². The summed E-state index contributed by atoms with van der Waals surface area (Å²) in [7, 11) is 0. The Bertz CT molecular complexity index is 728. The summed E-state index contributed by atoms with van der Waals surface area (Å²) >= 11 is 7.19. The third-order valence-corrected chi connectivity index (χ3v) is 4.44. The van der Waals surface area contributed by atoms with Gasteiger partial charge in [0, 0.05) is 11.6 Å². The Hall–Kier alpha value is -1.73. The molecule has 1 aromatic carbocycles. The number of amides is 1. The zero-order chi connectivity index (χ0) is 16.8. The average Bonchev–Trinajstić information content (AvgIpc) is 2.86. The Morgan fingerprint density at radius 1 is 1.52 bits per heavy atom. The van der Waals surface area contributed by atoms with Crippen LogP contribution in [0.15, 0.2) is 34.2 Å². The number of thioether (sulfide) groups is 1. The van der Waals surface area contributed by atoms with Crippen LogP contribution >= 0.6 is 23.4 Å². The molecule has 1 heterocycles. The van der Waals surface area contributed by atoms with E-state index >= 15 is 0 Å². The van der Waals surface area contributed by atoms with Gasteiger partial charge in [-0.15, -0.1) is 5.10 Å². The molecule has 1 atom stereocenters. The first-order chi connectivity index (χ1) is 11.0. The molecule has 1 aromatic heterocycles. The highest BCUT2D eigenvalue weighted by Gasteiger charge is 2.13. The number of hydrogen-bond acceptors (Lipinski definition) is 4. The van der Waals surface area contributed by atoms with Crippen LogP contribution in [-0.4, -0.2) is 26.4 Å². The number of hydrogen-bond donors (Lipinski definition) is 2. The Morgan fingerprint density at radius 2 is 2.30 bits per heavy atom. The SMILES string of the molecule is CCCn1c(SCC(=O)N[C@H](C)c2cccc(Cl)c2)n[nH]c1=O. The first-order valence-corrected chi connectivity index (χ1v) is 8.70. The zero-order valence-corrected chi connectivity index (χ0v) is 14.6. The van der Waals surface area contributed by atoms with E-state index in [1.54, 1.807) is 10.6 Å². The third-order valence-electron chi connectivity index (χ3n) is 3.23. The van der Waals surface area contributed by atoms with Crippen LogP contribution < -0.4 is 11.0 Å². The molecule has 1 amide bonds. The maximum absolute atomic E-state index is 12.1. The third kappa shape index (κ3) is 4.87. The second-order valence-corrected chi connectivity index (χ2v) is 6.47. The molecule has 2 aromatic rings. The van der Waals surface area contributed by atoms with Crippen molar-refractivity contribution in [2.75, 3.05) is 5.75 Å². The van der Waals surface area contributed by atoms with Crippen LogP contribution in [0, 0.1) is 0 Å². The van der Waals surface area contributed by atoms with Crippen LogP contribution in [-0.2, 0) is 11.3 Å². The fourth-order valence-electron chi connectivity index (χ4n) is 2.11. The fourth-order valence-corrected chi connectivity index (χ4v) is 3.09. The van der Waals surface area contributed by atoms with Crippen molar-refractivity contribution in [3.63, 3.8) is 0 Å². The van der Waals surface area contributed by atoms with Gasteiger partial charge in [-0.25, -0.2) is 9.89 Å². The van der Waals surface area contributed by atoms with Gasteiger partial charge in [0.2, 0.25) is 5.91 Å². The van der Waals surface area contributed by atoms with E-state index in [1.165, 1.54) is 11.8 Å². The van der Waals surface area contributed by atoms with Crippen molar-refractivity contribution in [1.82, 2.24) is 20.1 Å². The van der Waals surface area contributed by atoms with Crippen molar-refractivity contribution < 1.29 is 4.79 Å². The number of benzene rings is 1. The Kier molecular flexibility index (Phi) is 6.29. The van der Waals surface area contributed by atoms with Gasteiger partial charge in [0.15, 0.2) is 5.16 Å². The predicted octanol–water partition coefficient (Wildman–Crippen LogP) is 2.60. The predicted molar refractivity (Wildman–Crippen MR) is 91.9 cm³/mol. The van der Waals surface area contributed by atoms with Crippen LogP contribution in [0.1, 0.15) is 31.9 Å². The molecule has 0 fully saturated rings. The van der Waals surface area contributed by atoms with Gasteiger partial charge in [-0.05, 0) is 31.0 Å². The molecule has 0 bridgehead atoms.